The van der Waals surface area contributed by atoms with E-state index in [-0.39, 0.29) is 13.0 Å². The molecule has 5 nitrogen and oxygen atoms in total. The summed E-state index contributed by atoms with van der Waals surface area (Å²) in [7, 11) is 0. The van der Waals surface area contributed by atoms with Gasteiger partial charge in [0.15, 0.2) is 0 Å². The molecule has 0 aliphatic carbocycles. The first kappa shape index (κ1) is 17.8. The van der Waals surface area contributed by atoms with Crippen molar-refractivity contribution in [3.05, 3.63) is 48.6 Å². The second-order valence-corrected chi connectivity index (χ2v) is 5.82. The number of benzene rings is 1. The van der Waals surface area contributed by atoms with Gasteiger partial charge < -0.3 is 14.8 Å². The first-order valence-electron chi connectivity index (χ1n) is 7.13. The normalized spacial score (nSPS) is 12.1. The number of carbonyl (C=O) groups is 2. The van der Waals surface area contributed by atoms with Crippen LogP contribution in [0.25, 0.3) is 0 Å². The summed E-state index contributed by atoms with van der Waals surface area (Å²) in [5, 5.41) is 2.50. The molecule has 0 saturated carbocycles. The lowest BCUT2D eigenvalue weighted by Gasteiger charge is -2.23. The highest BCUT2D eigenvalue weighted by Crippen LogP contribution is 2.10. The zero-order chi connectivity index (χ0) is 16.6. The average molecular weight is 305 g/mol. The zero-order valence-electron chi connectivity index (χ0n) is 13.3. The largest absolute Gasteiger partial charge is 0.458 e. The van der Waals surface area contributed by atoms with Gasteiger partial charge in [-0.2, -0.15) is 0 Å². The number of carbonyl (C=O) groups excluding carboxylic acids is 2. The van der Waals surface area contributed by atoms with Gasteiger partial charge in [0.25, 0.3) is 0 Å². The maximum atomic E-state index is 12.0. The van der Waals surface area contributed by atoms with E-state index in [0.717, 1.165) is 5.56 Å². The summed E-state index contributed by atoms with van der Waals surface area (Å²) in [6.07, 6.45) is 1.16. The molecule has 1 N–H and O–H groups in total. The third-order valence-corrected chi connectivity index (χ3v) is 2.60. The monoisotopic (exact) mass is 305 g/mol. The number of esters is 1. The highest BCUT2D eigenvalue weighted by Gasteiger charge is 2.26. The Morgan fingerprint density at radius 3 is 2.45 bits per heavy atom. The maximum absolute atomic E-state index is 12.0. The van der Waals surface area contributed by atoms with Gasteiger partial charge in [-0.25, -0.2) is 9.59 Å². The fourth-order valence-corrected chi connectivity index (χ4v) is 1.66. The van der Waals surface area contributed by atoms with Gasteiger partial charge in [-0.15, -0.1) is 6.58 Å². The van der Waals surface area contributed by atoms with Gasteiger partial charge in [0.1, 0.15) is 18.2 Å². The van der Waals surface area contributed by atoms with E-state index in [1.165, 1.54) is 0 Å². The number of hydrogen-bond donors (Lipinski definition) is 1. The van der Waals surface area contributed by atoms with Gasteiger partial charge >= 0.3 is 12.1 Å². The Balaban J connectivity index is 2.53. The molecule has 0 aromatic heterocycles. The van der Waals surface area contributed by atoms with Crippen LogP contribution in [-0.4, -0.2) is 23.7 Å². The molecule has 1 aromatic rings. The minimum absolute atomic E-state index is 0.141. The molecule has 1 aromatic carbocycles. The number of amides is 1. The van der Waals surface area contributed by atoms with Crippen molar-refractivity contribution < 1.29 is 19.1 Å². The molecule has 0 heterocycles. The number of nitrogens with one attached hydrogen (secondary N) is 1. The lowest BCUT2D eigenvalue weighted by Crippen LogP contribution is -2.44. The van der Waals surface area contributed by atoms with Crippen molar-refractivity contribution >= 4 is 12.1 Å². The Morgan fingerprint density at radius 2 is 1.91 bits per heavy atom. The molecule has 5 heteroatoms. The number of alkyl carbamates (subject to hydrolysis) is 1. The van der Waals surface area contributed by atoms with Gasteiger partial charge in [0.2, 0.25) is 0 Å². The van der Waals surface area contributed by atoms with E-state index < -0.39 is 23.7 Å². The second-order valence-electron chi connectivity index (χ2n) is 5.82. The van der Waals surface area contributed by atoms with E-state index in [1.54, 1.807) is 26.8 Å². The topological polar surface area (TPSA) is 64.6 Å². The lowest BCUT2D eigenvalue weighted by molar-refractivity contribution is -0.157. The van der Waals surface area contributed by atoms with Gasteiger partial charge in [0, 0.05) is 0 Å². The quantitative estimate of drug-likeness (QED) is 0.647. The maximum Gasteiger partial charge on any atom is 0.408 e. The average Bonchev–Trinajstić information content (AvgIpc) is 2.44. The molecule has 0 radical (unpaired) electrons. The van der Waals surface area contributed by atoms with Crippen molar-refractivity contribution in [3.8, 4) is 0 Å². The van der Waals surface area contributed by atoms with Crippen LogP contribution in [-0.2, 0) is 20.9 Å². The number of ether oxygens (including phenoxy) is 2. The third kappa shape index (κ3) is 6.92. The molecule has 1 rings (SSSR count). The predicted molar refractivity (Wildman–Crippen MR) is 84.2 cm³/mol. The molecule has 0 saturated heterocycles. The fraction of sp³-hybridized carbons (Fsp3) is 0.412. The van der Waals surface area contributed by atoms with E-state index in [0.29, 0.717) is 0 Å². The molecule has 22 heavy (non-hydrogen) atoms. The number of hydrogen-bond acceptors (Lipinski definition) is 4. The highest BCUT2D eigenvalue weighted by molar-refractivity contribution is 5.81. The van der Waals surface area contributed by atoms with Crippen molar-refractivity contribution in [2.24, 2.45) is 0 Å². The minimum atomic E-state index is -0.806. The standard InChI is InChI=1S/C17H23NO4/c1-5-9-14(15(19)22-17(2,3)4)18-16(20)21-12-13-10-7-6-8-11-13/h5-8,10-11,14H,1,9,12H2,2-4H3,(H,18,20). The molecular weight excluding hydrogens is 282 g/mol. The lowest BCUT2D eigenvalue weighted by atomic mass is 10.1. The van der Waals surface area contributed by atoms with Crippen molar-refractivity contribution in [2.45, 2.75) is 45.4 Å². The van der Waals surface area contributed by atoms with E-state index in [1.807, 2.05) is 30.3 Å². The van der Waals surface area contributed by atoms with Crippen molar-refractivity contribution in [1.29, 1.82) is 0 Å². The molecule has 1 unspecified atom stereocenters. The van der Waals surface area contributed by atoms with Gasteiger partial charge in [-0.3, -0.25) is 0 Å². The van der Waals surface area contributed by atoms with Crippen LogP contribution in [0.15, 0.2) is 43.0 Å². The minimum Gasteiger partial charge on any atom is -0.458 e. The van der Waals surface area contributed by atoms with Gasteiger partial charge in [-0.05, 0) is 32.8 Å². The molecule has 120 valence electrons. The van der Waals surface area contributed by atoms with Crippen LogP contribution in [0.3, 0.4) is 0 Å². The van der Waals surface area contributed by atoms with E-state index in [4.69, 9.17) is 9.47 Å². The smallest absolute Gasteiger partial charge is 0.408 e. The molecule has 0 aliphatic heterocycles. The second kappa shape index (κ2) is 8.22. The van der Waals surface area contributed by atoms with E-state index in [9.17, 15) is 9.59 Å². The van der Waals surface area contributed by atoms with E-state index in [2.05, 4.69) is 11.9 Å². The van der Waals surface area contributed by atoms with Crippen LogP contribution in [0.1, 0.15) is 32.8 Å². The van der Waals surface area contributed by atoms with Crippen molar-refractivity contribution in [3.63, 3.8) is 0 Å². The first-order valence-corrected chi connectivity index (χ1v) is 7.13. The van der Waals surface area contributed by atoms with Crippen molar-refractivity contribution in [2.75, 3.05) is 0 Å². The summed E-state index contributed by atoms with van der Waals surface area (Å²) < 4.78 is 10.4. The number of rotatable bonds is 6. The summed E-state index contributed by atoms with van der Waals surface area (Å²) in [6.45, 7) is 9.02. The SMILES string of the molecule is C=CCC(NC(=O)OCc1ccccc1)C(=O)OC(C)(C)C. The molecule has 0 bridgehead atoms. The van der Waals surface area contributed by atoms with Crippen LogP contribution in [0, 0.1) is 0 Å². The molecule has 0 fully saturated rings. The van der Waals surface area contributed by atoms with Crippen molar-refractivity contribution in [1.82, 2.24) is 5.32 Å². The summed E-state index contributed by atoms with van der Waals surface area (Å²) >= 11 is 0. The van der Waals surface area contributed by atoms with Gasteiger partial charge in [-0.1, -0.05) is 36.4 Å². The Hall–Kier alpha value is -2.30. The van der Waals surface area contributed by atoms with Crippen LogP contribution >= 0.6 is 0 Å². The highest BCUT2D eigenvalue weighted by atomic mass is 16.6. The Bertz CT molecular complexity index is 505. The molecule has 0 aliphatic rings. The predicted octanol–water partition coefficient (Wildman–Crippen LogP) is 3.20. The summed E-state index contributed by atoms with van der Waals surface area (Å²) in [5.74, 6) is -0.510. The van der Waals surface area contributed by atoms with E-state index >= 15 is 0 Å². The third-order valence-electron chi connectivity index (χ3n) is 2.60. The Kier molecular flexibility index (Phi) is 6.63. The molecule has 0 spiro atoms. The summed E-state index contributed by atoms with van der Waals surface area (Å²) in [5.41, 5.74) is 0.252. The Labute approximate surface area is 131 Å². The Morgan fingerprint density at radius 1 is 1.27 bits per heavy atom. The van der Waals surface area contributed by atoms with Crippen LogP contribution in [0.4, 0.5) is 4.79 Å². The zero-order valence-corrected chi connectivity index (χ0v) is 13.3. The molecular formula is C17H23NO4. The molecule has 1 atom stereocenters. The van der Waals surface area contributed by atoms with Crippen LogP contribution in [0.5, 0.6) is 0 Å². The fourth-order valence-electron chi connectivity index (χ4n) is 1.66. The van der Waals surface area contributed by atoms with Gasteiger partial charge in [0.05, 0.1) is 0 Å². The summed E-state index contributed by atoms with van der Waals surface area (Å²) in [6, 6.07) is 8.49. The first-order chi connectivity index (χ1) is 10.3. The van der Waals surface area contributed by atoms with Crippen LogP contribution < -0.4 is 5.32 Å². The summed E-state index contributed by atoms with van der Waals surface area (Å²) in [4.78, 5) is 23.8. The van der Waals surface area contributed by atoms with Crippen LogP contribution in [0.2, 0.25) is 0 Å². The molecule has 1 amide bonds.